The molecule has 1 aromatic carbocycles. The number of Topliss-reactive ketones (excluding diaryl/α,β-unsaturated/α-hetero) is 2. The summed E-state index contributed by atoms with van der Waals surface area (Å²) in [6, 6.07) is 7.11. The molecule has 1 aromatic rings. The fraction of sp³-hybridized carbons (Fsp3) is 0.250. The largest absolute Gasteiger partial charge is 0.299 e. The van der Waals surface area contributed by atoms with E-state index in [2.05, 4.69) is 4.99 Å². The first-order valence-corrected chi connectivity index (χ1v) is 4.80. The third-order valence-corrected chi connectivity index (χ3v) is 2.55. The summed E-state index contributed by atoms with van der Waals surface area (Å²) in [6.07, 6.45) is 0. The molecule has 76 valence electrons. The van der Waals surface area contributed by atoms with E-state index in [1.165, 1.54) is 6.92 Å². The van der Waals surface area contributed by atoms with Gasteiger partial charge in [0.15, 0.2) is 5.78 Å². The molecule has 0 saturated carbocycles. The smallest absolute Gasteiger partial charge is 0.181 e. The predicted molar refractivity (Wildman–Crippen MR) is 57.7 cm³/mol. The number of benzene rings is 1. The van der Waals surface area contributed by atoms with E-state index in [-0.39, 0.29) is 11.6 Å². The van der Waals surface area contributed by atoms with Gasteiger partial charge in [0.05, 0.1) is 5.69 Å². The normalized spacial score (nSPS) is 19.5. The highest BCUT2D eigenvalue weighted by atomic mass is 16.1. The van der Waals surface area contributed by atoms with Crippen molar-refractivity contribution < 1.29 is 9.59 Å². The monoisotopic (exact) mass is 201 g/mol. The molecule has 0 radical (unpaired) electrons. The molecule has 3 heteroatoms. The first kappa shape index (κ1) is 9.77. The third kappa shape index (κ3) is 1.50. The number of carbonyl (C=O) groups excluding carboxylic acids is 2. The lowest BCUT2D eigenvalue weighted by molar-refractivity contribution is -0.117. The van der Waals surface area contributed by atoms with E-state index >= 15 is 0 Å². The Morgan fingerprint density at radius 2 is 2.00 bits per heavy atom. The average molecular weight is 201 g/mol. The maximum absolute atomic E-state index is 12.0. The van der Waals surface area contributed by atoms with Gasteiger partial charge < -0.3 is 0 Å². The molecule has 1 atom stereocenters. The standard InChI is InChI=1S/C12H11NO2/c1-7-11(8(2)14)12(15)9-5-3-4-6-10(9)13-7/h3-6,11H,1-2H3. The van der Waals surface area contributed by atoms with Crippen molar-refractivity contribution >= 4 is 23.0 Å². The Hall–Kier alpha value is -1.77. The maximum Gasteiger partial charge on any atom is 0.181 e. The molecule has 0 aliphatic carbocycles. The molecule has 0 amide bonds. The van der Waals surface area contributed by atoms with Crippen molar-refractivity contribution in [3.05, 3.63) is 29.8 Å². The van der Waals surface area contributed by atoms with E-state index in [9.17, 15) is 9.59 Å². The van der Waals surface area contributed by atoms with E-state index in [4.69, 9.17) is 0 Å². The number of aliphatic imine (C=N–C) groups is 1. The van der Waals surface area contributed by atoms with Gasteiger partial charge in [-0.25, -0.2) is 0 Å². The van der Waals surface area contributed by atoms with Crippen molar-refractivity contribution in [2.24, 2.45) is 10.9 Å². The van der Waals surface area contributed by atoms with Gasteiger partial charge in [0.25, 0.3) is 0 Å². The molecule has 0 aromatic heterocycles. The topological polar surface area (TPSA) is 46.5 Å². The third-order valence-electron chi connectivity index (χ3n) is 2.55. The Labute approximate surface area is 87.8 Å². The van der Waals surface area contributed by atoms with Gasteiger partial charge in [-0.3, -0.25) is 14.6 Å². The zero-order chi connectivity index (χ0) is 11.0. The second-order valence-corrected chi connectivity index (χ2v) is 3.68. The lowest BCUT2D eigenvalue weighted by atomic mass is 9.87. The Kier molecular flexibility index (Phi) is 2.23. The van der Waals surface area contributed by atoms with Crippen LogP contribution < -0.4 is 0 Å². The van der Waals surface area contributed by atoms with E-state index < -0.39 is 5.92 Å². The van der Waals surface area contributed by atoms with Crippen LogP contribution in [-0.4, -0.2) is 17.3 Å². The van der Waals surface area contributed by atoms with E-state index in [1.807, 2.05) is 6.07 Å². The molecule has 0 N–H and O–H groups in total. The Bertz CT molecular complexity index is 474. The SMILES string of the molecule is CC(=O)C1C(=O)c2ccccc2N=C1C. The van der Waals surface area contributed by atoms with Crippen LogP contribution in [0.4, 0.5) is 5.69 Å². The molecule has 1 aliphatic heterocycles. The van der Waals surface area contributed by atoms with Gasteiger partial charge >= 0.3 is 0 Å². The molecule has 15 heavy (non-hydrogen) atoms. The minimum atomic E-state index is -0.681. The summed E-state index contributed by atoms with van der Waals surface area (Å²) in [7, 11) is 0. The van der Waals surface area contributed by atoms with E-state index in [0.29, 0.717) is 17.0 Å². The second kappa shape index (κ2) is 3.42. The van der Waals surface area contributed by atoms with E-state index in [0.717, 1.165) is 0 Å². The first-order chi connectivity index (χ1) is 7.11. The molecular weight excluding hydrogens is 190 g/mol. The van der Waals surface area contributed by atoms with Crippen molar-refractivity contribution in [3.8, 4) is 0 Å². The van der Waals surface area contributed by atoms with Crippen LogP contribution >= 0.6 is 0 Å². The highest BCUT2D eigenvalue weighted by molar-refractivity contribution is 6.28. The Morgan fingerprint density at radius 1 is 1.33 bits per heavy atom. The van der Waals surface area contributed by atoms with Crippen molar-refractivity contribution in [1.82, 2.24) is 0 Å². The summed E-state index contributed by atoms with van der Waals surface area (Å²) in [5.41, 5.74) is 1.80. The quantitative estimate of drug-likeness (QED) is 0.654. The van der Waals surface area contributed by atoms with Crippen LogP contribution in [0, 0.1) is 5.92 Å². The Morgan fingerprint density at radius 3 is 2.67 bits per heavy atom. The number of hydrogen-bond acceptors (Lipinski definition) is 3. The summed E-state index contributed by atoms with van der Waals surface area (Å²) in [4.78, 5) is 27.6. The van der Waals surface area contributed by atoms with Gasteiger partial charge in [-0.1, -0.05) is 12.1 Å². The molecule has 0 saturated heterocycles. The number of hydrogen-bond donors (Lipinski definition) is 0. The van der Waals surface area contributed by atoms with Gasteiger partial charge in [-0.2, -0.15) is 0 Å². The number of fused-ring (bicyclic) bond motifs is 1. The summed E-state index contributed by atoms with van der Waals surface area (Å²) in [5, 5.41) is 0. The van der Waals surface area contributed by atoms with Gasteiger partial charge in [0.2, 0.25) is 0 Å². The van der Waals surface area contributed by atoms with Gasteiger partial charge in [0.1, 0.15) is 11.7 Å². The highest BCUT2D eigenvalue weighted by Crippen LogP contribution is 2.28. The molecule has 1 aliphatic rings. The average Bonchev–Trinajstić information content (AvgIpc) is 2.17. The van der Waals surface area contributed by atoms with Crippen LogP contribution in [0.15, 0.2) is 29.3 Å². The number of rotatable bonds is 1. The molecule has 1 heterocycles. The number of para-hydroxylation sites is 1. The summed E-state index contributed by atoms with van der Waals surface area (Å²) < 4.78 is 0. The predicted octanol–water partition coefficient (Wildman–Crippen LogP) is 2.18. The fourth-order valence-electron chi connectivity index (χ4n) is 1.86. The molecule has 2 rings (SSSR count). The number of ketones is 2. The minimum Gasteiger partial charge on any atom is -0.299 e. The molecule has 0 bridgehead atoms. The maximum atomic E-state index is 12.0. The van der Waals surface area contributed by atoms with Crippen LogP contribution in [0.25, 0.3) is 0 Å². The fourth-order valence-corrected chi connectivity index (χ4v) is 1.86. The molecule has 0 fully saturated rings. The summed E-state index contributed by atoms with van der Waals surface area (Å²) >= 11 is 0. The van der Waals surface area contributed by atoms with Crippen LogP contribution in [0.3, 0.4) is 0 Å². The number of carbonyl (C=O) groups is 2. The lowest BCUT2D eigenvalue weighted by Crippen LogP contribution is -2.31. The molecule has 3 nitrogen and oxygen atoms in total. The van der Waals surface area contributed by atoms with Gasteiger partial charge in [-0.05, 0) is 26.0 Å². The van der Waals surface area contributed by atoms with Crippen LogP contribution in [-0.2, 0) is 4.79 Å². The van der Waals surface area contributed by atoms with Crippen molar-refractivity contribution in [2.45, 2.75) is 13.8 Å². The van der Waals surface area contributed by atoms with Crippen molar-refractivity contribution in [1.29, 1.82) is 0 Å². The molecule has 0 spiro atoms. The van der Waals surface area contributed by atoms with Crippen LogP contribution in [0.1, 0.15) is 24.2 Å². The van der Waals surface area contributed by atoms with Crippen molar-refractivity contribution in [2.75, 3.05) is 0 Å². The zero-order valence-corrected chi connectivity index (χ0v) is 8.65. The zero-order valence-electron chi connectivity index (χ0n) is 8.65. The number of nitrogens with zero attached hydrogens (tertiary/aromatic N) is 1. The highest BCUT2D eigenvalue weighted by Gasteiger charge is 2.32. The Balaban J connectivity index is 2.59. The second-order valence-electron chi connectivity index (χ2n) is 3.68. The summed E-state index contributed by atoms with van der Waals surface area (Å²) in [5.74, 6) is -0.957. The van der Waals surface area contributed by atoms with Gasteiger partial charge in [0, 0.05) is 11.3 Å². The van der Waals surface area contributed by atoms with Gasteiger partial charge in [-0.15, -0.1) is 0 Å². The van der Waals surface area contributed by atoms with E-state index in [1.54, 1.807) is 25.1 Å². The molecule has 1 unspecified atom stereocenters. The minimum absolute atomic E-state index is 0.134. The van der Waals surface area contributed by atoms with Crippen LogP contribution in [0.5, 0.6) is 0 Å². The molecular formula is C12H11NO2. The van der Waals surface area contributed by atoms with Crippen molar-refractivity contribution in [3.63, 3.8) is 0 Å². The first-order valence-electron chi connectivity index (χ1n) is 4.80. The lowest BCUT2D eigenvalue weighted by Gasteiger charge is -2.19. The summed E-state index contributed by atoms with van der Waals surface area (Å²) in [6.45, 7) is 3.15. The van der Waals surface area contributed by atoms with Crippen LogP contribution in [0.2, 0.25) is 0 Å².